The minimum Gasteiger partial charge on any atom is -0.481 e. The van der Waals surface area contributed by atoms with E-state index in [-0.39, 0.29) is 6.04 Å². The van der Waals surface area contributed by atoms with Gasteiger partial charge in [0.1, 0.15) is 5.60 Å². The highest BCUT2D eigenvalue weighted by Gasteiger charge is 2.48. The number of rotatable bonds is 3. The Labute approximate surface area is 108 Å². The molecular formula is C13H23NO4. The maximum atomic E-state index is 11.7. The van der Waals surface area contributed by atoms with Crippen LogP contribution in [0.2, 0.25) is 0 Å². The van der Waals surface area contributed by atoms with Gasteiger partial charge in [-0.1, -0.05) is 13.3 Å². The SMILES string of the molecule is CCC1(C(=O)O)CCCC1NC(=O)OC(C)(C)C. The second-order valence-electron chi connectivity index (χ2n) is 5.91. The van der Waals surface area contributed by atoms with Crippen LogP contribution >= 0.6 is 0 Å². The summed E-state index contributed by atoms with van der Waals surface area (Å²) >= 11 is 0. The maximum Gasteiger partial charge on any atom is 0.407 e. The molecule has 0 aromatic heterocycles. The van der Waals surface area contributed by atoms with Crippen LogP contribution in [0.25, 0.3) is 0 Å². The van der Waals surface area contributed by atoms with E-state index in [1.807, 2.05) is 6.92 Å². The molecule has 1 amide bonds. The van der Waals surface area contributed by atoms with Crippen LogP contribution in [0.4, 0.5) is 4.79 Å². The van der Waals surface area contributed by atoms with Crippen molar-refractivity contribution in [2.24, 2.45) is 5.41 Å². The third kappa shape index (κ3) is 3.15. The van der Waals surface area contributed by atoms with Crippen molar-refractivity contribution in [3.63, 3.8) is 0 Å². The van der Waals surface area contributed by atoms with E-state index in [0.29, 0.717) is 19.3 Å². The van der Waals surface area contributed by atoms with Crippen molar-refractivity contribution < 1.29 is 19.4 Å². The molecule has 104 valence electrons. The average Bonchev–Trinajstić information content (AvgIpc) is 2.58. The standard InChI is InChI=1S/C13H23NO4/c1-5-13(10(15)16)8-6-7-9(13)14-11(17)18-12(2,3)4/h9H,5-8H2,1-4H3,(H,14,17)(H,15,16). The summed E-state index contributed by atoms with van der Waals surface area (Å²) in [5.41, 5.74) is -1.41. The number of aliphatic carboxylic acids is 1. The van der Waals surface area contributed by atoms with Crippen LogP contribution in [0, 0.1) is 5.41 Å². The van der Waals surface area contributed by atoms with E-state index >= 15 is 0 Å². The summed E-state index contributed by atoms with van der Waals surface area (Å²) in [6.07, 6.45) is 2.11. The van der Waals surface area contributed by atoms with Crippen LogP contribution in [0.1, 0.15) is 53.4 Å². The number of carboxylic acid groups (broad SMARTS) is 1. The Bertz CT molecular complexity index is 334. The van der Waals surface area contributed by atoms with Gasteiger partial charge >= 0.3 is 12.1 Å². The van der Waals surface area contributed by atoms with Gasteiger partial charge in [0.25, 0.3) is 0 Å². The molecule has 0 heterocycles. The molecule has 2 atom stereocenters. The van der Waals surface area contributed by atoms with E-state index in [2.05, 4.69) is 5.32 Å². The number of carbonyl (C=O) groups excluding carboxylic acids is 1. The molecular weight excluding hydrogens is 234 g/mol. The lowest BCUT2D eigenvalue weighted by atomic mass is 9.80. The summed E-state index contributed by atoms with van der Waals surface area (Å²) in [5, 5.41) is 12.1. The second kappa shape index (κ2) is 5.16. The normalized spacial score (nSPS) is 27.9. The third-order valence-electron chi connectivity index (χ3n) is 3.53. The lowest BCUT2D eigenvalue weighted by Crippen LogP contribution is -2.49. The van der Waals surface area contributed by atoms with Gasteiger partial charge in [-0.2, -0.15) is 0 Å². The second-order valence-corrected chi connectivity index (χ2v) is 5.91. The summed E-state index contributed by atoms with van der Waals surface area (Å²) < 4.78 is 5.17. The first-order valence-corrected chi connectivity index (χ1v) is 6.44. The van der Waals surface area contributed by atoms with Gasteiger partial charge in [-0.05, 0) is 40.0 Å². The number of nitrogens with one attached hydrogen (secondary N) is 1. The van der Waals surface area contributed by atoms with Crippen molar-refractivity contribution in [2.45, 2.75) is 65.0 Å². The molecule has 5 nitrogen and oxygen atoms in total. The molecule has 0 radical (unpaired) electrons. The van der Waals surface area contributed by atoms with Gasteiger partial charge in [-0.25, -0.2) is 4.79 Å². The number of ether oxygens (including phenoxy) is 1. The molecule has 0 spiro atoms. The van der Waals surface area contributed by atoms with Crippen LogP contribution in [-0.2, 0) is 9.53 Å². The van der Waals surface area contributed by atoms with E-state index < -0.39 is 23.1 Å². The van der Waals surface area contributed by atoms with Crippen molar-refractivity contribution in [3.05, 3.63) is 0 Å². The van der Waals surface area contributed by atoms with Gasteiger partial charge in [0.05, 0.1) is 5.41 Å². The molecule has 0 aliphatic heterocycles. The quantitative estimate of drug-likeness (QED) is 0.814. The Hall–Kier alpha value is -1.26. The Morgan fingerprint density at radius 1 is 1.44 bits per heavy atom. The Balaban J connectivity index is 2.71. The maximum absolute atomic E-state index is 11.7. The molecule has 2 unspecified atom stereocenters. The average molecular weight is 257 g/mol. The molecule has 2 N–H and O–H groups in total. The number of amides is 1. The monoisotopic (exact) mass is 257 g/mol. The summed E-state index contributed by atoms with van der Waals surface area (Å²) in [7, 11) is 0. The van der Waals surface area contributed by atoms with E-state index in [1.165, 1.54) is 0 Å². The highest BCUT2D eigenvalue weighted by molar-refractivity contribution is 5.78. The molecule has 1 aliphatic rings. The number of hydrogen-bond acceptors (Lipinski definition) is 3. The highest BCUT2D eigenvalue weighted by atomic mass is 16.6. The fourth-order valence-corrected chi connectivity index (χ4v) is 2.56. The summed E-state index contributed by atoms with van der Waals surface area (Å²) in [4.78, 5) is 23.2. The largest absolute Gasteiger partial charge is 0.481 e. The first kappa shape index (κ1) is 14.8. The van der Waals surface area contributed by atoms with Crippen molar-refractivity contribution in [1.82, 2.24) is 5.32 Å². The molecule has 1 fully saturated rings. The van der Waals surface area contributed by atoms with Crippen LogP contribution in [-0.4, -0.2) is 28.8 Å². The molecule has 0 aromatic rings. The van der Waals surface area contributed by atoms with E-state index in [4.69, 9.17) is 4.74 Å². The minimum absolute atomic E-state index is 0.338. The highest BCUT2D eigenvalue weighted by Crippen LogP contribution is 2.41. The van der Waals surface area contributed by atoms with Crippen molar-refractivity contribution in [2.75, 3.05) is 0 Å². The zero-order chi connectivity index (χ0) is 14.0. The molecule has 18 heavy (non-hydrogen) atoms. The van der Waals surface area contributed by atoms with Crippen LogP contribution in [0.15, 0.2) is 0 Å². The lowest BCUT2D eigenvalue weighted by molar-refractivity contribution is -0.150. The van der Waals surface area contributed by atoms with Gasteiger partial charge in [0, 0.05) is 6.04 Å². The Morgan fingerprint density at radius 2 is 2.06 bits per heavy atom. The summed E-state index contributed by atoms with van der Waals surface area (Å²) in [6.45, 7) is 7.20. The zero-order valence-corrected chi connectivity index (χ0v) is 11.6. The molecule has 1 saturated carbocycles. The topological polar surface area (TPSA) is 75.6 Å². The molecule has 5 heteroatoms. The fraction of sp³-hybridized carbons (Fsp3) is 0.846. The molecule has 1 rings (SSSR count). The first-order chi connectivity index (χ1) is 8.21. The van der Waals surface area contributed by atoms with E-state index in [0.717, 1.165) is 6.42 Å². The number of alkyl carbamates (subject to hydrolysis) is 1. The summed E-state index contributed by atoms with van der Waals surface area (Å²) in [6, 6.07) is -0.338. The van der Waals surface area contributed by atoms with Crippen LogP contribution < -0.4 is 5.32 Å². The van der Waals surface area contributed by atoms with E-state index in [9.17, 15) is 14.7 Å². The molecule has 0 aromatic carbocycles. The molecule has 1 aliphatic carbocycles. The lowest BCUT2D eigenvalue weighted by Gasteiger charge is -2.31. The predicted molar refractivity (Wildman–Crippen MR) is 67.4 cm³/mol. The van der Waals surface area contributed by atoms with Crippen LogP contribution in [0.5, 0.6) is 0 Å². The van der Waals surface area contributed by atoms with Crippen molar-refractivity contribution in [1.29, 1.82) is 0 Å². The van der Waals surface area contributed by atoms with E-state index in [1.54, 1.807) is 20.8 Å². The van der Waals surface area contributed by atoms with Gasteiger partial charge < -0.3 is 15.2 Å². The fourth-order valence-electron chi connectivity index (χ4n) is 2.56. The summed E-state index contributed by atoms with van der Waals surface area (Å²) in [5.74, 6) is -0.830. The Morgan fingerprint density at radius 3 is 2.50 bits per heavy atom. The van der Waals surface area contributed by atoms with Gasteiger partial charge in [0.15, 0.2) is 0 Å². The number of carboxylic acids is 1. The molecule has 0 bridgehead atoms. The van der Waals surface area contributed by atoms with Gasteiger partial charge in [-0.15, -0.1) is 0 Å². The third-order valence-corrected chi connectivity index (χ3v) is 3.53. The van der Waals surface area contributed by atoms with Gasteiger partial charge in [0.2, 0.25) is 0 Å². The Kier molecular flexibility index (Phi) is 4.24. The van der Waals surface area contributed by atoms with Gasteiger partial charge in [-0.3, -0.25) is 4.79 Å². The number of hydrogen-bond donors (Lipinski definition) is 2. The molecule has 0 saturated heterocycles. The first-order valence-electron chi connectivity index (χ1n) is 6.44. The van der Waals surface area contributed by atoms with Crippen molar-refractivity contribution in [3.8, 4) is 0 Å². The smallest absolute Gasteiger partial charge is 0.407 e. The zero-order valence-electron chi connectivity index (χ0n) is 11.6. The predicted octanol–water partition coefficient (Wildman–Crippen LogP) is 2.54. The minimum atomic E-state index is -0.836. The van der Waals surface area contributed by atoms with Crippen molar-refractivity contribution >= 4 is 12.1 Å². The van der Waals surface area contributed by atoms with Crippen LogP contribution in [0.3, 0.4) is 0 Å². The number of carbonyl (C=O) groups is 2.